The number of nitrogens with one attached hydrogen (secondary N) is 1. The number of carbonyl (C=O) groups excluding carboxylic acids is 1. The molecule has 0 spiro atoms. The number of nitrogens with zero attached hydrogens (tertiary/aromatic N) is 1. The van der Waals surface area contributed by atoms with E-state index in [0.717, 1.165) is 24.1 Å². The molecular formula is C15H22ClN3O2. The van der Waals surface area contributed by atoms with Gasteiger partial charge in [-0.1, -0.05) is 11.6 Å². The molecule has 1 saturated heterocycles. The minimum Gasteiger partial charge on any atom is -0.450 e. The van der Waals surface area contributed by atoms with Gasteiger partial charge >= 0.3 is 6.09 Å². The van der Waals surface area contributed by atoms with Gasteiger partial charge in [-0.15, -0.1) is 0 Å². The van der Waals surface area contributed by atoms with E-state index in [1.165, 1.54) is 0 Å². The van der Waals surface area contributed by atoms with Crippen LogP contribution in [0.5, 0.6) is 0 Å². The van der Waals surface area contributed by atoms with E-state index in [-0.39, 0.29) is 6.09 Å². The Morgan fingerprint density at radius 1 is 1.48 bits per heavy atom. The van der Waals surface area contributed by atoms with Crippen molar-refractivity contribution in [3.8, 4) is 0 Å². The molecular weight excluding hydrogens is 290 g/mol. The van der Waals surface area contributed by atoms with E-state index >= 15 is 0 Å². The number of halogens is 1. The van der Waals surface area contributed by atoms with Crippen molar-refractivity contribution >= 4 is 29.1 Å². The second-order valence-corrected chi connectivity index (χ2v) is 5.70. The van der Waals surface area contributed by atoms with Crippen LogP contribution in [-0.4, -0.2) is 36.7 Å². The zero-order valence-corrected chi connectivity index (χ0v) is 13.2. The topological polar surface area (TPSA) is 67.6 Å². The Hall–Kier alpha value is -1.62. The molecule has 1 aromatic carbocycles. The first-order valence-electron chi connectivity index (χ1n) is 7.25. The number of carbonyl (C=O) groups is 1. The number of nitrogen functional groups attached to an aromatic ring is 1. The predicted octanol–water partition coefficient (Wildman–Crippen LogP) is 3.26. The van der Waals surface area contributed by atoms with Crippen molar-refractivity contribution in [1.82, 2.24) is 4.90 Å². The first-order valence-corrected chi connectivity index (χ1v) is 7.63. The van der Waals surface area contributed by atoms with Gasteiger partial charge in [0.05, 0.1) is 17.3 Å². The molecule has 1 aliphatic rings. The third-order valence-corrected chi connectivity index (χ3v) is 4.05. The van der Waals surface area contributed by atoms with E-state index in [1.807, 2.05) is 26.0 Å². The molecule has 5 nitrogen and oxygen atoms in total. The van der Waals surface area contributed by atoms with Gasteiger partial charge in [0.25, 0.3) is 0 Å². The Morgan fingerprint density at radius 2 is 2.14 bits per heavy atom. The van der Waals surface area contributed by atoms with E-state index in [4.69, 9.17) is 22.1 Å². The van der Waals surface area contributed by atoms with Crippen LogP contribution < -0.4 is 11.1 Å². The van der Waals surface area contributed by atoms with Crippen molar-refractivity contribution in [2.45, 2.75) is 32.7 Å². The van der Waals surface area contributed by atoms with Crippen LogP contribution in [0.2, 0.25) is 5.02 Å². The number of amides is 1. The molecule has 0 radical (unpaired) electrons. The van der Waals surface area contributed by atoms with Crippen LogP contribution in [0.25, 0.3) is 0 Å². The van der Waals surface area contributed by atoms with Crippen LogP contribution in [0.4, 0.5) is 16.2 Å². The minimum atomic E-state index is -0.220. The molecule has 0 bridgehead atoms. The fourth-order valence-electron chi connectivity index (χ4n) is 2.50. The van der Waals surface area contributed by atoms with Crippen molar-refractivity contribution in [3.05, 3.63) is 22.7 Å². The summed E-state index contributed by atoms with van der Waals surface area (Å²) in [6, 6.07) is 4.07. The largest absolute Gasteiger partial charge is 0.450 e. The highest BCUT2D eigenvalue weighted by molar-refractivity contribution is 6.33. The van der Waals surface area contributed by atoms with Crippen molar-refractivity contribution in [3.63, 3.8) is 0 Å². The fraction of sp³-hybridized carbons (Fsp3) is 0.533. The van der Waals surface area contributed by atoms with Crippen molar-refractivity contribution in [2.24, 2.45) is 0 Å². The second-order valence-electron chi connectivity index (χ2n) is 5.29. The standard InChI is InChI=1S/C15H22ClN3O2/c1-3-21-15(20)19-6-4-11(5-7-19)18-14-9-12(16)13(17)8-10(14)2/h8-9,11,18H,3-7,17H2,1-2H3. The summed E-state index contributed by atoms with van der Waals surface area (Å²) in [4.78, 5) is 13.4. The van der Waals surface area contributed by atoms with Crippen LogP contribution in [-0.2, 0) is 4.74 Å². The smallest absolute Gasteiger partial charge is 0.409 e. The number of nitrogens with two attached hydrogens (primary N) is 1. The SMILES string of the molecule is CCOC(=O)N1CCC(Nc2cc(Cl)c(N)cc2C)CC1. The van der Waals surface area contributed by atoms with Crippen LogP contribution >= 0.6 is 11.6 Å². The molecule has 0 unspecified atom stereocenters. The van der Waals surface area contributed by atoms with Gasteiger partial charge < -0.3 is 20.7 Å². The summed E-state index contributed by atoms with van der Waals surface area (Å²) in [5.41, 5.74) is 8.46. The molecule has 0 saturated carbocycles. The first kappa shape index (κ1) is 15.8. The van der Waals surface area contributed by atoms with Crippen molar-refractivity contribution in [1.29, 1.82) is 0 Å². The summed E-state index contributed by atoms with van der Waals surface area (Å²) >= 11 is 6.07. The van der Waals surface area contributed by atoms with Crippen LogP contribution in [0.15, 0.2) is 12.1 Å². The Labute approximate surface area is 130 Å². The summed E-state index contributed by atoms with van der Waals surface area (Å²) in [5.74, 6) is 0. The molecule has 6 heteroatoms. The van der Waals surface area contributed by atoms with Gasteiger partial charge in [-0.05, 0) is 44.4 Å². The highest BCUT2D eigenvalue weighted by Gasteiger charge is 2.23. The maximum Gasteiger partial charge on any atom is 0.409 e. The molecule has 3 N–H and O–H groups in total. The average molecular weight is 312 g/mol. The van der Waals surface area contributed by atoms with Gasteiger partial charge in [-0.25, -0.2) is 4.79 Å². The Balaban J connectivity index is 1.92. The monoisotopic (exact) mass is 311 g/mol. The third-order valence-electron chi connectivity index (χ3n) is 3.72. The number of aryl methyl sites for hydroxylation is 1. The molecule has 1 fully saturated rings. The van der Waals surface area contributed by atoms with Gasteiger partial charge in [-0.3, -0.25) is 0 Å². The predicted molar refractivity (Wildman–Crippen MR) is 85.8 cm³/mol. The Morgan fingerprint density at radius 3 is 2.76 bits per heavy atom. The Bertz CT molecular complexity index is 514. The van der Waals surface area contributed by atoms with Gasteiger partial charge in [-0.2, -0.15) is 0 Å². The normalized spacial score (nSPS) is 15.9. The van der Waals surface area contributed by atoms with E-state index in [0.29, 0.717) is 36.4 Å². The quantitative estimate of drug-likeness (QED) is 0.841. The van der Waals surface area contributed by atoms with E-state index in [1.54, 1.807) is 4.90 Å². The second kappa shape index (κ2) is 6.89. The average Bonchev–Trinajstić information content (AvgIpc) is 2.46. The molecule has 0 aliphatic carbocycles. The lowest BCUT2D eigenvalue weighted by Crippen LogP contribution is -2.42. The summed E-state index contributed by atoms with van der Waals surface area (Å²) in [6.07, 6.45) is 1.56. The Kier molecular flexibility index (Phi) is 5.17. The summed E-state index contributed by atoms with van der Waals surface area (Å²) in [5, 5.41) is 4.05. The van der Waals surface area contributed by atoms with E-state index < -0.39 is 0 Å². The van der Waals surface area contributed by atoms with E-state index in [2.05, 4.69) is 5.32 Å². The number of piperidine rings is 1. The molecule has 0 atom stereocenters. The number of hydrogen-bond donors (Lipinski definition) is 2. The third kappa shape index (κ3) is 3.94. The summed E-state index contributed by atoms with van der Waals surface area (Å²) in [6.45, 7) is 5.65. The van der Waals surface area contributed by atoms with Crippen molar-refractivity contribution in [2.75, 3.05) is 30.7 Å². The number of rotatable bonds is 3. The highest BCUT2D eigenvalue weighted by atomic mass is 35.5. The number of likely N-dealkylation sites (tertiary alicyclic amines) is 1. The van der Waals surface area contributed by atoms with Crippen LogP contribution in [0, 0.1) is 6.92 Å². The van der Waals surface area contributed by atoms with E-state index in [9.17, 15) is 4.79 Å². The molecule has 21 heavy (non-hydrogen) atoms. The van der Waals surface area contributed by atoms with Gasteiger partial charge in [0.15, 0.2) is 0 Å². The van der Waals surface area contributed by atoms with Crippen molar-refractivity contribution < 1.29 is 9.53 Å². The van der Waals surface area contributed by atoms with Gasteiger partial charge in [0, 0.05) is 24.8 Å². The number of hydrogen-bond acceptors (Lipinski definition) is 4. The summed E-state index contributed by atoms with van der Waals surface area (Å²) < 4.78 is 5.02. The van der Waals surface area contributed by atoms with Crippen LogP contribution in [0.3, 0.4) is 0 Å². The van der Waals surface area contributed by atoms with Crippen LogP contribution in [0.1, 0.15) is 25.3 Å². The zero-order valence-electron chi connectivity index (χ0n) is 12.5. The number of ether oxygens (including phenoxy) is 1. The van der Waals surface area contributed by atoms with Gasteiger partial charge in [0.2, 0.25) is 0 Å². The minimum absolute atomic E-state index is 0.220. The maximum atomic E-state index is 11.7. The molecule has 116 valence electrons. The lowest BCUT2D eigenvalue weighted by atomic mass is 10.0. The number of benzene rings is 1. The van der Waals surface area contributed by atoms with Gasteiger partial charge in [0.1, 0.15) is 0 Å². The molecule has 1 amide bonds. The molecule has 1 aromatic rings. The molecule has 0 aromatic heterocycles. The molecule has 2 rings (SSSR count). The zero-order chi connectivity index (χ0) is 15.4. The highest BCUT2D eigenvalue weighted by Crippen LogP contribution is 2.28. The first-order chi connectivity index (χ1) is 10.0. The fourth-order valence-corrected chi connectivity index (χ4v) is 2.66. The molecule has 1 aliphatic heterocycles. The number of anilines is 2. The molecule has 1 heterocycles. The lowest BCUT2D eigenvalue weighted by Gasteiger charge is -2.32. The lowest BCUT2D eigenvalue weighted by molar-refractivity contribution is 0.0983. The summed E-state index contributed by atoms with van der Waals surface area (Å²) in [7, 11) is 0. The maximum absolute atomic E-state index is 11.7.